The molecule has 9 nitrogen and oxygen atoms in total. The topological polar surface area (TPSA) is 122 Å². The summed E-state index contributed by atoms with van der Waals surface area (Å²) in [5.41, 5.74) is 0.462. The molecule has 1 fully saturated rings. The number of amides is 1. The van der Waals surface area contributed by atoms with E-state index in [1.54, 1.807) is 24.3 Å². The molecule has 0 atom stereocenters. The van der Waals surface area contributed by atoms with Crippen molar-refractivity contribution in [1.29, 1.82) is 0 Å². The highest BCUT2D eigenvalue weighted by Gasteiger charge is 2.43. The fraction of sp³-hybridized carbons (Fsp3) is 0.400. The Kier molecular flexibility index (Phi) is 6.90. The number of Topliss-reactive ketones (excluding diaryl/α,β-unsaturated/α-hetero) is 2. The monoisotopic (exact) mass is 532 g/mol. The number of allylic oxidation sites excluding steroid dienone is 1. The molecule has 0 bridgehead atoms. The summed E-state index contributed by atoms with van der Waals surface area (Å²) >= 11 is 0. The van der Waals surface area contributed by atoms with Gasteiger partial charge in [-0.15, -0.1) is 0 Å². The summed E-state index contributed by atoms with van der Waals surface area (Å²) in [6, 6.07) is 9.68. The van der Waals surface area contributed by atoms with E-state index in [1.165, 1.54) is 18.2 Å². The van der Waals surface area contributed by atoms with Crippen molar-refractivity contribution in [2.75, 3.05) is 31.6 Å². The Balaban J connectivity index is 1.28. The number of carbonyl (C=O) groups is 4. The average molecular weight is 533 g/mol. The Morgan fingerprint density at radius 3 is 2.56 bits per heavy atom. The maximum absolute atomic E-state index is 13.2. The average Bonchev–Trinajstić information content (AvgIpc) is 3.18. The summed E-state index contributed by atoms with van der Waals surface area (Å²) in [6.07, 6.45) is 2.42. The lowest BCUT2D eigenvalue weighted by Crippen LogP contribution is -2.52. The fourth-order valence-electron chi connectivity index (χ4n) is 5.21. The zero-order chi connectivity index (χ0) is 27.9. The lowest BCUT2D eigenvalue weighted by molar-refractivity contribution is -0.130. The molecule has 0 unspecified atom stereocenters. The van der Waals surface area contributed by atoms with Crippen molar-refractivity contribution in [3.8, 4) is 11.5 Å². The number of nitrogens with zero attached hydrogens (tertiary/aromatic N) is 1. The molecule has 9 heteroatoms. The van der Waals surface area contributed by atoms with E-state index < -0.39 is 17.3 Å². The number of carbonyl (C=O) groups excluding carboxylic acids is 4. The number of anilines is 1. The second-order valence-corrected chi connectivity index (χ2v) is 11.4. The predicted octanol–water partition coefficient (Wildman–Crippen LogP) is 3.79. The second-order valence-electron chi connectivity index (χ2n) is 11.4. The number of benzene rings is 2. The van der Waals surface area contributed by atoms with E-state index >= 15 is 0 Å². The van der Waals surface area contributed by atoms with Crippen molar-refractivity contribution in [1.82, 2.24) is 4.90 Å². The number of nitrogens with one attached hydrogen (secondary N) is 1. The molecule has 1 amide bonds. The van der Waals surface area contributed by atoms with Crippen LogP contribution in [-0.2, 0) is 14.3 Å². The molecule has 1 spiro atoms. The van der Waals surface area contributed by atoms with Gasteiger partial charge in [0.2, 0.25) is 0 Å². The van der Waals surface area contributed by atoms with Gasteiger partial charge in [-0.2, -0.15) is 0 Å². The minimum absolute atomic E-state index is 0.00233. The molecule has 2 N–H and O–H groups in total. The first kappa shape index (κ1) is 26.8. The highest BCUT2D eigenvalue weighted by Crippen LogP contribution is 2.42. The van der Waals surface area contributed by atoms with E-state index in [4.69, 9.17) is 9.47 Å². The summed E-state index contributed by atoms with van der Waals surface area (Å²) in [6.45, 7) is 7.22. The molecule has 0 aromatic heterocycles. The van der Waals surface area contributed by atoms with E-state index in [-0.39, 0.29) is 64.9 Å². The van der Waals surface area contributed by atoms with Gasteiger partial charge in [0.25, 0.3) is 5.91 Å². The van der Waals surface area contributed by atoms with Crippen LogP contribution in [0.3, 0.4) is 0 Å². The smallest absolute Gasteiger partial charge is 0.256 e. The maximum Gasteiger partial charge on any atom is 0.256 e. The van der Waals surface area contributed by atoms with Crippen molar-refractivity contribution in [2.24, 2.45) is 0 Å². The Bertz CT molecular complexity index is 1390. The van der Waals surface area contributed by atoms with Crippen LogP contribution in [0.5, 0.6) is 11.5 Å². The molecular weight excluding hydrogens is 500 g/mol. The molecule has 3 aliphatic heterocycles. The van der Waals surface area contributed by atoms with Crippen molar-refractivity contribution in [3.05, 3.63) is 59.2 Å². The van der Waals surface area contributed by atoms with Gasteiger partial charge in [-0.1, -0.05) is 18.2 Å². The summed E-state index contributed by atoms with van der Waals surface area (Å²) in [4.78, 5) is 53.0. The van der Waals surface area contributed by atoms with Crippen LogP contribution in [0.2, 0.25) is 0 Å². The zero-order valence-electron chi connectivity index (χ0n) is 22.3. The minimum Gasteiger partial charge on any atom is -0.507 e. The quantitative estimate of drug-likeness (QED) is 0.426. The molecule has 2 aromatic carbocycles. The number of aromatic hydroxyl groups is 1. The van der Waals surface area contributed by atoms with Gasteiger partial charge in [0.05, 0.1) is 35.3 Å². The standard InChI is InChI=1S/C30H32N2O7/c1-29(2,3)38-17-18(33)16-32-10-8-30(9-11-32)15-26(36)22-12-21(25(35)14-27(22)39-30)24(34)13-20-19-6-4-5-7-23(19)31-28(20)37/h4-7,12-14,35H,8-11,15-17H2,1-3H3,(H,31,37)/b20-13-. The molecule has 0 saturated carbocycles. The van der Waals surface area contributed by atoms with Crippen LogP contribution in [0.15, 0.2) is 42.5 Å². The molecule has 1 saturated heterocycles. The van der Waals surface area contributed by atoms with Gasteiger partial charge in [-0.05, 0) is 39.0 Å². The molecule has 2 aromatic rings. The van der Waals surface area contributed by atoms with Crippen molar-refractivity contribution in [2.45, 2.75) is 51.2 Å². The Hall–Kier alpha value is -3.82. The largest absolute Gasteiger partial charge is 0.507 e. The summed E-state index contributed by atoms with van der Waals surface area (Å²) in [7, 11) is 0. The Labute approximate surface area is 226 Å². The summed E-state index contributed by atoms with van der Waals surface area (Å²) < 4.78 is 11.9. The lowest BCUT2D eigenvalue weighted by atomic mass is 9.82. The summed E-state index contributed by atoms with van der Waals surface area (Å²) in [5.74, 6) is -1.25. The fourth-order valence-corrected chi connectivity index (χ4v) is 5.21. The first-order valence-electron chi connectivity index (χ1n) is 13.1. The van der Waals surface area contributed by atoms with Crippen LogP contribution >= 0.6 is 0 Å². The Morgan fingerprint density at radius 1 is 1.13 bits per heavy atom. The van der Waals surface area contributed by atoms with Gasteiger partial charge >= 0.3 is 0 Å². The van der Waals surface area contributed by atoms with Crippen LogP contribution in [-0.4, -0.2) is 70.7 Å². The lowest BCUT2D eigenvalue weighted by Gasteiger charge is -2.44. The third-order valence-electron chi connectivity index (χ3n) is 7.29. The third kappa shape index (κ3) is 5.65. The van der Waals surface area contributed by atoms with Crippen LogP contribution in [0.25, 0.3) is 5.57 Å². The highest BCUT2D eigenvalue weighted by molar-refractivity contribution is 6.35. The number of hydrogen-bond acceptors (Lipinski definition) is 8. The first-order valence-corrected chi connectivity index (χ1v) is 13.1. The van der Waals surface area contributed by atoms with Gasteiger partial charge in [0.15, 0.2) is 17.3 Å². The van der Waals surface area contributed by atoms with E-state index in [9.17, 15) is 24.3 Å². The number of para-hydroxylation sites is 1. The van der Waals surface area contributed by atoms with E-state index in [0.29, 0.717) is 37.2 Å². The normalized spacial score (nSPS) is 19.4. The molecule has 204 valence electrons. The molecule has 5 rings (SSSR count). The van der Waals surface area contributed by atoms with E-state index in [1.807, 2.05) is 25.7 Å². The van der Waals surface area contributed by atoms with Crippen molar-refractivity contribution < 1.29 is 33.8 Å². The molecule has 39 heavy (non-hydrogen) atoms. The van der Waals surface area contributed by atoms with Gasteiger partial charge in [-0.25, -0.2) is 0 Å². The third-order valence-corrected chi connectivity index (χ3v) is 7.29. The highest BCUT2D eigenvalue weighted by atomic mass is 16.5. The van der Waals surface area contributed by atoms with E-state index in [0.717, 1.165) is 0 Å². The van der Waals surface area contributed by atoms with Gasteiger partial charge in [-0.3, -0.25) is 24.1 Å². The number of ether oxygens (including phenoxy) is 2. The number of rotatable bonds is 6. The number of ketones is 3. The van der Waals surface area contributed by atoms with Crippen LogP contribution in [0.4, 0.5) is 5.69 Å². The Morgan fingerprint density at radius 2 is 1.85 bits per heavy atom. The molecular formula is C30H32N2O7. The van der Waals surface area contributed by atoms with Crippen molar-refractivity contribution in [3.63, 3.8) is 0 Å². The molecule has 3 heterocycles. The van der Waals surface area contributed by atoms with E-state index in [2.05, 4.69) is 5.32 Å². The minimum atomic E-state index is -0.725. The predicted molar refractivity (Wildman–Crippen MR) is 144 cm³/mol. The molecule has 0 aliphatic carbocycles. The summed E-state index contributed by atoms with van der Waals surface area (Å²) in [5, 5.41) is 13.4. The van der Waals surface area contributed by atoms with Gasteiger partial charge in [0.1, 0.15) is 23.7 Å². The number of fused-ring (bicyclic) bond motifs is 2. The maximum atomic E-state index is 13.2. The zero-order valence-corrected chi connectivity index (χ0v) is 22.3. The number of phenolic OH excluding ortho intramolecular Hbond substituents is 1. The van der Waals surface area contributed by atoms with Gasteiger partial charge < -0.3 is 19.9 Å². The van der Waals surface area contributed by atoms with Crippen LogP contribution in [0, 0.1) is 0 Å². The second kappa shape index (κ2) is 10.1. The molecule has 0 radical (unpaired) electrons. The van der Waals surface area contributed by atoms with Crippen molar-refractivity contribution >= 4 is 34.5 Å². The number of likely N-dealkylation sites (tertiary alicyclic amines) is 1. The van der Waals surface area contributed by atoms with Crippen LogP contribution < -0.4 is 10.1 Å². The number of piperidine rings is 1. The first-order chi connectivity index (χ1) is 18.4. The van der Waals surface area contributed by atoms with Crippen LogP contribution in [0.1, 0.15) is 66.3 Å². The number of hydrogen-bond donors (Lipinski definition) is 2. The number of phenols is 1. The van der Waals surface area contributed by atoms with Gasteiger partial charge in [0, 0.05) is 43.2 Å². The molecule has 3 aliphatic rings. The SMILES string of the molecule is CC(C)(C)OCC(=O)CN1CCC2(CC1)CC(=O)c1cc(C(=O)/C=C3\C(=O)Nc4ccccc43)c(O)cc1O2.